The summed E-state index contributed by atoms with van der Waals surface area (Å²) in [5, 5.41) is 0. The van der Waals surface area contributed by atoms with Crippen LogP contribution in [0.5, 0.6) is 0 Å². The van der Waals surface area contributed by atoms with E-state index in [0.717, 1.165) is 36.0 Å². The van der Waals surface area contributed by atoms with E-state index in [1.165, 1.54) is 76.6 Å². The maximum atomic E-state index is 4.94. The fourth-order valence-corrected chi connectivity index (χ4v) is 10.7. The molecule has 1 unspecified atom stereocenters. The van der Waals surface area contributed by atoms with Gasteiger partial charge in [-0.15, -0.1) is 0 Å². The van der Waals surface area contributed by atoms with Crippen molar-refractivity contribution >= 4 is 11.1 Å². The van der Waals surface area contributed by atoms with E-state index in [-0.39, 0.29) is 10.8 Å². The van der Waals surface area contributed by atoms with E-state index in [9.17, 15) is 0 Å². The smallest absolute Gasteiger partial charge is 0.164 e. The molecule has 0 aliphatic heterocycles. The molecule has 1 spiro atoms. The Morgan fingerprint density at radius 2 is 1.12 bits per heavy atom. The summed E-state index contributed by atoms with van der Waals surface area (Å²) in [4.78, 5) is 14.7. The highest BCUT2D eigenvalue weighted by Crippen LogP contribution is 2.60. The third kappa shape index (κ3) is 5.57. The van der Waals surface area contributed by atoms with Gasteiger partial charge in [-0.3, -0.25) is 0 Å². The molecule has 1 saturated carbocycles. The zero-order valence-corrected chi connectivity index (χ0v) is 32.9. The van der Waals surface area contributed by atoms with Crippen molar-refractivity contribution in [1.82, 2.24) is 15.0 Å². The SMILES string of the molecule is CC1(C)C2=CCCC=C2c2cc3c(cc21)-c1cc(C2C=CC(c4ccc(-c5nc(-c6ccccc6)nc(-c6ccccc6)n5)cc4)=CC2)ccc1C31CCCCC1. The summed E-state index contributed by atoms with van der Waals surface area (Å²) in [6.45, 7) is 4.89. The molecular weight excluding hydrogens is 691 g/mol. The third-order valence-electron chi connectivity index (χ3n) is 13.7. The molecule has 3 heteroatoms. The lowest BCUT2D eigenvalue weighted by Crippen LogP contribution is -2.28. The van der Waals surface area contributed by atoms with Crippen LogP contribution in [-0.4, -0.2) is 15.0 Å². The second kappa shape index (κ2) is 13.3. The Kier molecular flexibility index (Phi) is 8.03. The van der Waals surface area contributed by atoms with Crippen molar-refractivity contribution < 1.29 is 0 Å². The van der Waals surface area contributed by atoms with Crippen LogP contribution in [0.2, 0.25) is 0 Å². The minimum Gasteiger partial charge on any atom is -0.208 e. The van der Waals surface area contributed by atoms with Gasteiger partial charge in [0.15, 0.2) is 17.5 Å². The summed E-state index contributed by atoms with van der Waals surface area (Å²) >= 11 is 0. The predicted molar refractivity (Wildman–Crippen MR) is 235 cm³/mol. The molecule has 1 heterocycles. The number of nitrogens with zero attached hydrogens (tertiary/aromatic N) is 3. The van der Waals surface area contributed by atoms with Crippen LogP contribution in [-0.2, 0) is 10.8 Å². The maximum absolute atomic E-state index is 4.94. The van der Waals surface area contributed by atoms with Gasteiger partial charge < -0.3 is 0 Å². The number of fused-ring (bicyclic) bond motifs is 8. The van der Waals surface area contributed by atoms with Crippen molar-refractivity contribution in [1.29, 1.82) is 0 Å². The van der Waals surface area contributed by atoms with Crippen LogP contribution < -0.4 is 0 Å². The highest BCUT2D eigenvalue weighted by molar-refractivity contribution is 5.94. The second-order valence-corrected chi connectivity index (χ2v) is 17.3. The van der Waals surface area contributed by atoms with Crippen LogP contribution in [0.1, 0.15) is 105 Å². The first-order chi connectivity index (χ1) is 28.0. The fourth-order valence-electron chi connectivity index (χ4n) is 10.7. The van der Waals surface area contributed by atoms with Crippen LogP contribution in [0.4, 0.5) is 0 Å². The summed E-state index contributed by atoms with van der Waals surface area (Å²) < 4.78 is 0. The summed E-state index contributed by atoms with van der Waals surface area (Å²) in [7, 11) is 0. The van der Waals surface area contributed by atoms with Gasteiger partial charge in [0.05, 0.1) is 0 Å². The molecule has 0 N–H and O–H groups in total. The average Bonchev–Trinajstić information content (AvgIpc) is 3.66. The highest BCUT2D eigenvalue weighted by Gasteiger charge is 2.47. The molecule has 5 aromatic carbocycles. The monoisotopic (exact) mass is 737 g/mol. The molecule has 1 atom stereocenters. The molecule has 0 bridgehead atoms. The van der Waals surface area contributed by atoms with Crippen molar-refractivity contribution in [3.8, 4) is 45.3 Å². The van der Waals surface area contributed by atoms with Crippen LogP contribution >= 0.6 is 0 Å². The van der Waals surface area contributed by atoms with Gasteiger partial charge in [-0.05, 0) is 105 Å². The molecular formula is C54H47N3. The number of rotatable bonds is 5. The molecule has 3 nitrogen and oxygen atoms in total. The number of aromatic nitrogens is 3. The zero-order valence-electron chi connectivity index (χ0n) is 32.9. The largest absolute Gasteiger partial charge is 0.208 e. The van der Waals surface area contributed by atoms with E-state index in [1.54, 1.807) is 16.7 Å². The van der Waals surface area contributed by atoms with Gasteiger partial charge in [0.2, 0.25) is 0 Å². The van der Waals surface area contributed by atoms with Crippen molar-refractivity contribution in [3.63, 3.8) is 0 Å². The molecule has 0 radical (unpaired) electrons. The van der Waals surface area contributed by atoms with Gasteiger partial charge >= 0.3 is 0 Å². The number of benzene rings is 5. The minimum absolute atomic E-state index is 0.0454. The van der Waals surface area contributed by atoms with Crippen molar-refractivity contribution in [2.75, 3.05) is 0 Å². The second-order valence-electron chi connectivity index (χ2n) is 17.3. The fraction of sp³-hybridized carbons (Fsp3) is 0.241. The van der Waals surface area contributed by atoms with Gasteiger partial charge in [-0.2, -0.15) is 0 Å². The summed E-state index contributed by atoms with van der Waals surface area (Å²) in [6.07, 6.45) is 22.0. The Bertz CT molecular complexity index is 2630. The molecule has 0 saturated heterocycles. The minimum atomic E-state index is 0.0454. The normalized spacial score (nSPS) is 19.5. The summed E-state index contributed by atoms with van der Waals surface area (Å²) in [6, 6.07) is 41.8. The quantitative estimate of drug-likeness (QED) is 0.177. The summed E-state index contributed by atoms with van der Waals surface area (Å²) in [5.74, 6) is 2.39. The lowest BCUT2D eigenvalue weighted by atomic mass is 9.67. The van der Waals surface area contributed by atoms with Gasteiger partial charge in [0.1, 0.15) is 0 Å². The van der Waals surface area contributed by atoms with Crippen LogP contribution in [0, 0.1) is 0 Å². The Labute approximate surface area is 336 Å². The zero-order chi connectivity index (χ0) is 38.1. The molecule has 5 aliphatic carbocycles. The number of hydrogen-bond donors (Lipinski definition) is 0. The first-order valence-corrected chi connectivity index (χ1v) is 21.1. The van der Waals surface area contributed by atoms with Gasteiger partial charge in [-0.1, -0.05) is 167 Å². The van der Waals surface area contributed by atoms with Crippen molar-refractivity contribution in [2.45, 2.75) is 82.0 Å². The molecule has 1 fully saturated rings. The Balaban J connectivity index is 0.889. The maximum Gasteiger partial charge on any atom is 0.164 e. The van der Waals surface area contributed by atoms with E-state index < -0.39 is 0 Å². The Morgan fingerprint density at radius 1 is 0.526 bits per heavy atom. The van der Waals surface area contributed by atoms with E-state index in [4.69, 9.17) is 15.0 Å². The molecule has 57 heavy (non-hydrogen) atoms. The molecule has 11 rings (SSSR count). The average molecular weight is 738 g/mol. The van der Waals surface area contributed by atoms with Crippen molar-refractivity contribution in [3.05, 3.63) is 185 Å². The van der Waals surface area contributed by atoms with E-state index in [2.05, 4.69) is 98.8 Å². The standard InChI is InChI=1S/C54H47N3/c1-53(2)46-19-11-10-18-42(46)44-34-49-45(33-48(44)53)43-32-41(28-29-47(43)54(49)30-12-5-13-31-54)37-22-20-35(21-23-37)36-24-26-40(27-25-36)52-56-50(38-14-6-3-7-15-38)55-51(57-52)39-16-8-4-9-17-39/h3-4,6-9,14-22,24-29,32-34,37H,5,10-13,23,30-31H2,1-2H3. The first-order valence-electron chi connectivity index (χ1n) is 21.1. The number of allylic oxidation sites excluding steroid dienone is 8. The highest BCUT2D eigenvalue weighted by atomic mass is 15.0. The van der Waals surface area contributed by atoms with E-state index in [1.807, 2.05) is 60.7 Å². The molecule has 1 aromatic heterocycles. The molecule has 6 aromatic rings. The predicted octanol–water partition coefficient (Wildman–Crippen LogP) is 13.6. The Morgan fingerprint density at radius 3 is 1.77 bits per heavy atom. The molecule has 5 aliphatic rings. The molecule has 0 amide bonds. The van der Waals surface area contributed by atoms with Gasteiger partial charge in [0.25, 0.3) is 0 Å². The van der Waals surface area contributed by atoms with Gasteiger partial charge in [0, 0.05) is 33.4 Å². The van der Waals surface area contributed by atoms with Crippen LogP contribution in [0.15, 0.2) is 151 Å². The summed E-state index contributed by atoms with van der Waals surface area (Å²) in [5.41, 5.74) is 19.3. The lowest BCUT2D eigenvalue weighted by molar-refractivity contribution is 0.352. The van der Waals surface area contributed by atoms with E-state index >= 15 is 0 Å². The third-order valence-corrected chi connectivity index (χ3v) is 13.7. The van der Waals surface area contributed by atoms with Gasteiger partial charge in [-0.25, -0.2) is 15.0 Å². The first kappa shape index (κ1) is 34.3. The number of hydrogen-bond acceptors (Lipinski definition) is 3. The van der Waals surface area contributed by atoms with Crippen LogP contribution in [0.3, 0.4) is 0 Å². The van der Waals surface area contributed by atoms with Crippen molar-refractivity contribution in [2.24, 2.45) is 0 Å². The van der Waals surface area contributed by atoms with E-state index in [0.29, 0.717) is 23.4 Å². The Hall–Kier alpha value is -5.93. The lowest BCUT2D eigenvalue weighted by Gasteiger charge is -2.36. The topological polar surface area (TPSA) is 38.7 Å². The molecule has 278 valence electrons. The van der Waals surface area contributed by atoms with Crippen LogP contribution in [0.25, 0.3) is 56.4 Å².